The van der Waals surface area contributed by atoms with Crippen LogP contribution >= 0.6 is 11.8 Å². The summed E-state index contributed by atoms with van der Waals surface area (Å²) < 4.78 is 18.9. The second-order valence-electron chi connectivity index (χ2n) is 7.46. The normalized spacial score (nSPS) is 16.6. The Kier molecular flexibility index (Phi) is 6.56. The molecule has 0 N–H and O–H groups in total. The van der Waals surface area contributed by atoms with Gasteiger partial charge in [-0.2, -0.15) is 0 Å². The van der Waals surface area contributed by atoms with Crippen LogP contribution in [-0.4, -0.2) is 24.3 Å². The smallest absolute Gasteiger partial charge is 0.192 e. The lowest BCUT2D eigenvalue weighted by atomic mass is 9.94. The Balaban J connectivity index is 2.39. The molecule has 1 aliphatic heterocycles. The van der Waals surface area contributed by atoms with Gasteiger partial charge in [-0.25, -0.2) is 4.39 Å². The van der Waals surface area contributed by atoms with Gasteiger partial charge in [0.05, 0.1) is 17.7 Å². The molecule has 1 heterocycles. The number of unbranched alkanes of at least 4 members (excludes halogenated alkanes) is 1. The average Bonchev–Trinajstić information content (AvgIpc) is 2.88. The Morgan fingerprint density at radius 1 is 1.35 bits per heavy atom. The largest absolute Gasteiger partial charge is 0.496 e. The van der Waals surface area contributed by atoms with Crippen molar-refractivity contribution in [3.63, 3.8) is 0 Å². The first-order valence-corrected chi connectivity index (χ1v) is 9.77. The summed E-state index contributed by atoms with van der Waals surface area (Å²) in [5.41, 5.74) is 1.45. The molecule has 1 aliphatic rings. The quantitative estimate of drug-likeness (QED) is 0.450. The molecule has 0 aromatic heterocycles. The van der Waals surface area contributed by atoms with Gasteiger partial charge in [-0.1, -0.05) is 45.9 Å². The first-order valence-electron chi connectivity index (χ1n) is 8.95. The van der Waals surface area contributed by atoms with Crippen molar-refractivity contribution < 1.29 is 13.9 Å². The van der Waals surface area contributed by atoms with E-state index in [2.05, 4.69) is 39.5 Å². The van der Waals surface area contributed by atoms with Crippen LogP contribution in [0.15, 0.2) is 39.9 Å². The number of methoxy groups -OCH3 is 1. The Morgan fingerprint density at radius 2 is 2.04 bits per heavy atom. The van der Waals surface area contributed by atoms with Gasteiger partial charge in [0.2, 0.25) is 0 Å². The third-order valence-electron chi connectivity index (χ3n) is 4.30. The number of hydrogen-bond acceptors (Lipinski definition) is 4. The minimum absolute atomic E-state index is 0.00833. The molecule has 142 valence electrons. The van der Waals surface area contributed by atoms with Crippen LogP contribution in [0.1, 0.15) is 57.8 Å². The predicted octanol–water partition coefficient (Wildman–Crippen LogP) is 5.98. The van der Waals surface area contributed by atoms with Gasteiger partial charge in [-0.3, -0.25) is 4.79 Å². The van der Waals surface area contributed by atoms with Gasteiger partial charge >= 0.3 is 0 Å². The number of allylic oxidation sites excluding steroid dienone is 3. The van der Waals surface area contributed by atoms with Gasteiger partial charge in [0.15, 0.2) is 5.78 Å². The molecule has 0 unspecified atom stereocenters. The highest BCUT2D eigenvalue weighted by Crippen LogP contribution is 2.49. The fourth-order valence-corrected chi connectivity index (χ4v) is 4.26. The molecule has 0 amide bonds. The van der Waals surface area contributed by atoms with Crippen LogP contribution in [0, 0.1) is 11.2 Å². The topological polar surface area (TPSA) is 29.5 Å². The SMILES string of the molecule is CCCCN1C(C)=C(C(C)(C)C)S/C1=C\C(=O)c1cc(F)ccc1OC. The molecule has 0 saturated heterocycles. The fraction of sp³-hybridized carbons (Fsp3) is 0.476. The lowest BCUT2D eigenvalue weighted by Gasteiger charge is -2.22. The van der Waals surface area contributed by atoms with Crippen molar-refractivity contribution in [2.45, 2.75) is 47.5 Å². The summed E-state index contributed by atoms with van der Waals surface area (Å²) in [5.74, 6) is -0.301. The number of benzene rings is 1. The highest BCUT2D eigenvalue weighted by Gasteiger charge is 2.32. The minimum atomic E-state index is -0.445. The maximum absolute atomic E-state index is 13.6. The predicted molar refractivity (Wildman–Crippen MR) is 107 cm³/mol. The molecule has 1 aromatic carbocycles. The van der Waals surface area contributed by atoms with Crippen molar-refractivity contribution in [3.05, 3.63) is 51.3 Å². The number of thioether (sulfide) groups is 1. The van der Waals surface area contributed by atoms with Crippen LogP contribution < -0.4 is 4.74 Å². The summed E-state index contributed by atoms with van der Waals surface area (Å²) in [6, 6.07) is 4.02. The summed E-state index contributed by atoms with van der Waals surface area (Å²) in [6.07, 6.45) is 3.74. The number of hydrogen-bond donors (Lipinski definition) is 0. The first kappa shape index (κ1) is 20.6. The number of rotatable bonds is 6. The van der Waals surface area contributed by atoms with Crippen molar-refractivity contribution in [1.29, 1.82) is 0 Å². The van der Waals surface area contributed by atoms with E-state index in [9.17, 15) is 9.18 Å². The minimum Gasteiger partial charge on any atom is -0.496 e. The molecule has 3 nitrogen and oxygen atoms in total. The summed E-state index contributed by atoms with van der Waals surface area (Å²) in [4.78, 5) is 16.3. The first-order chi connectivity index (χ1) is 12.2. The Bertz CT molecular complexity index is 747. The number of carbonyl (C=O) groups excluding carboxylic acids is 1. The molecular formula is C21H28FNO2S. The second kappa shape index (κ2) is 8.30. The van der Waals surface area contributed by atoms with E-state index < -0.39 is 5.82 Å². The lowest BCUT2D eigenvalue weighted by Crippen LogP contribution is -2.19. The van der Waals surface area contributed by atoms with Crippen molar-refractivity contribution in [2.75, 3.05) is 13.7 Å². The third kappa shape index (κ3) is 4.50. The average molecular weight is 378 g/mol. The number of ketones is 1. The zero-order valence-electron chi connectivity index (χ0n) is 16.5. The molecule has 0 bridgehead atoms. The van der Waals surface area contributed by atoms with Crippen molar-refractivity contribution in [3.8, 4) is 5.75 Å². The van der Waals surface area contributed by atoms with E-state index in [0.29, 0.717) is 5.75 Å². The van der Waals surface area contributed by atoms with Crippen molar-refractivity contribution >= 4 is 17.5 Å². The highest BCUT2D eigenvalue weighted by molar-refractivity contribution is 8.07. The van der Waals surface area contributed by atoms with Gasteiger partial charge < -0.3 is 9.64 Å². The Hall–Kier alpha value is -1.75. The molecule has 0 radical (unpaired) electrons. The third-order valence-corrected chi connectivity index (χ3v) is 5.96. The molecule has 0 aliphatic carbocycles. The fourth-order valence-electron chi connectivity index (χ4n) is 2.98. The summed E-state index contributed by atoms with van der Waals surface area (Å²) >= 11 is 1.64. The van der Waals surface area contributed by atoms with E-state index >= 15 is 0 Å². The standard InChI is InChI=1S/C21H28FNO2S/c1-7-8-11-23-14(2)20(21(3,4)5)26-19(23)13-17(24)16-12-15(22)9-10-18(16)25-6/h9-10,12-13H,7-8,11H2,1-6H3/b19-13-. The number of ether oxygens (including phenoxy) is 1. The van der Waals surface area contributed by atoms with Crippen LogP contribution in [0.5, 0.6) is 5.75 Å². The Morgan fingerprint density at radius 3 is 2.62 bits per heavy atom. The maximum Gasteiger partial charge on any atom is 0.192 e. The Labute approximate surface area is 160 Å². The summed E-state index contributed by atoms with van der Waals surface area (Å²) in [6.45, 7) is 11.7. The van der Waals surface area contributed by atoms with Crippen molar-refractivity contribution in [2.24, 2.45) is 5.41 Å². The molecule has 0 fully saturated rings. The number of carbonyl (C=O) groups is 1. The van der Waals surface area contributed by atoms with Crippen LogP contribution in [0.25, 0.3) is 0 Å². The van der Waals surface area contributed by atoms with E-state index in [-0.39, 0.29) is 16.8 Å². The molecule has 5 heteroatoms. The lowest BCUT2D eigenvalue weighted by molar-refractivity contribution is 0.104. The van der Waals surface area contributed by atoms with E-state index in [1.807, 2.05) is 0 Å². The molecule has 0 saturated carbocycles. The van der Waals surface area contributed by atoms with Crippen LogP contribution in [0.3, 0.4) is 0 Å². The van der Waals surface area contributed by atoms with Gasteiger partial charge in [-0.15, -0.1) is 0 Å². The second-order valence-corrected chi connectivity index (χ2v) is 8.49. The van der Waals surface area contributed by atoms with Crippen LogP contribution in [-0.2, 0) is 0 Å². The highest BCUT2D eigenvalue weighted by atomic mass is 32.2. The van der Waals surface area contributed by atoms with E-state index in [0.717, 1.165) is 24.4 Å². The molecular weight excluding hydrogens is 349 g/mol. The van der Waals surface area contributed by atoms with Crippen molar-refractivity contribution in [1.82, 2.24) is 4.90 Å². The van der Waals surface area contributed by atoms with E-state index in [1.54, 1.807) is 17.8 Å². The summed E-state index contributed by atoms with van der Waals surface area (Å²) in [5, 5.41) is 0.900. The molecule has 2 rings (SSSR count). The zero-order valence-corrected chi connectivity index (χ0v) is 17.3. The van der Waals surface area contributed by atoms with E-state index in [1.165, 1.54) is 35.9 Å². The van der Waals surface area contributed by atoms with Crippen LogP contribution in [0.4, 0.5) is 4.39 Å². The van der Waals surface area contributed by atoms with Gasteiger partial charge in [-0.05, 0) is 37.0 Å². The molecule has 1 aromatic rings. The number of halogens is 1. The van der Waals surface area contributed by atoms with Gasteiger partial charge in [0.1, 0.15) is 11.6 Å². The van der Waals surface area contributed by atoms with Gasteiger partial charge in [0, 0.05) is 23.2 Å². The van der Waals surface area contributed by atoms with Gasteiger partial charge in [0.25, 0.3) is 0 Å². The van der Waals surface area contributed by atoms with E-state index in [4.69, 9.17) is 4.74 Å². The monoisotopic (exact) mass is 377 g/mol. The maximum atomic E-state index is 13.6. The molecule has 26 heavy (non-hydrogen) atoms. The molecule has 0 atom stereocenters. The summed E-state index contributed by atoms with van der Waals surface area (Å²) in [7, 11) is 1.48. The zero-order chi connectivity index (χ0) is 19.5. The van der Waals surface area contributed by atoms with Crippen LogP contribution in [0.2, 0.25) is 0 Å². The number of nitrogens with zero attached hydrogens (tertiary/aromatic N) is 1. The molecule has 0 spiro atoms.